The zero-order valence-electron chi connectivity index (χ0n) is 23.9. The van der Waals surface area contributed by atoms with E-state index in [1.807, 2.05) is 53.1 Å². The molecular weight excluding hydrogens is 530 g/mol. The van der Waals surface area contributed by atoms with Crippen LogP contribution in [0.15, 0.2) is 95.2 Å². The molecule has 4 aromatic carbocycles. The number of hydrogen-bond donors (Lipinski definition) is 1. The number of hydrogen-bond acceptors (Lipinski definition) is 6. The Morgan fingerprint density at radius 3 is 2.41 bits per heavy atom. The normalized spacial score (nSPS) is 11.7. The monoisotopic (exact) mass is 563 g/mol. The van der Waals surface area contributed by atoms with Gasteiger partial charge in [-0.3, -0.25) is 9.36 Å². The highest BCUT2D eigenvalue weighted by Crippen LogP contribution is 2.30. The van der Waals surface area contributed by atoms with Crippen molar-refractivity contribution in [2.75, 3.05) is 12.9 Å². The van der Waals surface area contributed by atoms with Crippen molar-refractivity contribution < 1.29 is 9.53 Å². The number of nitrogens with zero attached hydrogens (tertiary/aromatic N) is 4. The zero-order valence-corrected chi connectivity index (χ0v) is 24.7. The Morgan fingerprint density at radius 2 is 1.71 bits per heavy atom. The van der Waals surface area contributed by atoms with Crippen LogP contribution in [-0.2, 0) is 10.2 Å². The molecule has 0 fully saturated rings. The minimum atomic E-state index is -0.250. The number of hydrazone groups is 1. The van der Waals surface area contributed by atoms with E-state index in [1.54, 1.807) is 13.3 Å². The van der Waals surface area contributed by atoms with Gasteiger partial charge in [-0.1, -0.05) is 105 Å². The fourth-order valence-corrected chi connectivity index (χ4v) is 5.26. The Hall–Kier alpha value is -4.43. The van der Waals surface area contributed by atoms with Gasteiger partial charge in [0.2, 0.25) is 0 Å². The number of nitrogens with one attached hydrogen (secondary N) is 1. The Kier molecular flexibility index (Phi) is 8.21. The Bertz CT molecular complexity index is 1700. The summed E-state index contributed by atoms with van der Waals surface area (Å²) in [5.74, 6) is 1.28. The maximum atomic E-state index is 12.8. The second-order valence-corrected chi connectivity index (χ2v) is 11.7. The van der Waals surface area contributed by atoms with Crippen LogP contribution >= 0.6 is 11.8 Å². The number of carbonyl (C=O) groups is 1. The Balaban J connectivity index is 1.35. The summed E-state index contributed by atoms with van der Waals surface area (Å²) in [5, 5.41) is 15.9. The molecule has 0 unspecified atom stereocenters. The Morgan fingerprint density at radius 1 is 0.976 bits per heavy atom. The lowest BCUT2D eigenvalue weighted by atomic mass is 9.87. The maximum absolute atomic E-state index is 12.8. The third kappa shape index (κ3) is 6.33. The molecule has 1 heterocycles. The number of aryl methyl sites for hydroxylation is 1. The van der Waals surface area contributed by atoms with Gasteiger partial charge in [-0.15, -0.1) is 10.2 Å². The van der Waals surface area contributed by atoms with Gasteiger partial charge in [0.15, 0.2) is 11.0 Å². The molecule has 0 aliphatic heterocycles. The van der Waals surface area contributed by atoms with Crippen molar-refractivity contribution in [3.8, 4) is 22.8 Å². The molecule has 0 atom stereocenters. The van der Waals surface area contributed by atoms with Crippen LogP contribution in [0.3, 0.4) is 0 Å². The van der Waals surface area contributed by atoms with E-state index in [0.717, 1.165) is 39.0 Å². The third-order valence-electron chi connectivity index (χ3n) is 6.80. The van der Waals surface area contributed by atoms with E-state index in [9.17, 15) is 4.79 Å². The summed E-state index contributed by atoms with van der Waals surface area (Å²) in [6.07, 6.45) is 1.62. The molecule has 208 valence electrons. The number of benzene rings is 4. The minimum absolute atomic E-state index is 0.0543. The number of thioether (sulfide) groups is 1. The van der Waals surface area contributed by atoms with Gasteiger partial charge >= 0.3 is 0 Å². The van der Waals surface area contributed by atoms with Crippen molar-refractivity contribution >= 4 is 34.7 Å². The smallest absolute Gasteiger partial charge is 0.250 e. The molecule has 7 nitrogen and oxygen atoms in total. The van der Waals surface area contributed by atoms with Crippen molar-refractivity contribution in [3.05, 3.63) is 102 Å². The van der Waals surface area contributed by atoms with Crippen molar-refractivity contribution in [1.82, 2.24) is 20.2 Å². The molecule has 0 saturated carbocycles. The topological polar surface area (TPSA) is 81.4 Å². The van der Waals surface area contributed by atoms with Crippen LogP contribution in [0.1, 0.15) is 37.5 Å². The van der Waals surface area contributed by atoms with Gasteiger partial charge in [0, 0.05) is 16.8 Å². The minimum Gasteiger partial charge on any atom is -0.496 e. The predicted octanol–water partition coefficient (Wildman–Crippen LogP) is 6.94. The predicted molar refractivity (Wildman–Crippen MR) is 167 cm³/mol. The number of rotatable bonds is 8. The number of amides is 1. The zero-order chi connectivity index (χ0) is 29.0. The lowest BCUT2D eigenvalue weighted by Crippen LogP contribution is -2.20. The summed E-state index contributed by atoms with van der Waals surface area (Å²) >= 11 is 1.31. The first-order valence-electron chi connectivity index (χ1n) is 13.4. The van der Waals surface area contributed by atoms with Crippen LogP contribution in [0.25, 0.3) is 27.8 Å². The molecule has 0 radical (unpaired) electrons. The molecule has 1 N–H and O–H groups in total. The largest absolute Gasteiger partial charge is 0.496 e. The third-order valence-corrected chi connectivity index (χ3v) is 7.73. The summed E-state index contributed by atoms with van der Waals surface area (Å²) in [6.45, 7) is 8.63. The highest BCUT2D eigenvalue weighted by molar-refractivity contribution is 7.99. The number of aromatic nitrogens is 3. The molecule has 5 rings (SSSR count). The summed E-state index contributed by atoms with van der Waals surface area (Å²) < 4.78 is 7.51. The van der Waals surface area contributed by atoms with Gasteiger partial charge < -0.3 is 4.74 Å². The van der Waals surface area contributed by atoms with E-state index in [1.165, 1.54) is 17.3 Å². The fraction of sp³-hybridized carbons (Fsp3) is 0.212. The van der Waals surface area contributed by atoms with Crippen LogP contribution in [0.5, 0.6) is 5.75 Å². The van der Waals surface area contributed by atoms with Crippen LogP contribution in [0.4, 0.5) is 0 Å². The lowest BCUT2D eigenvalue weighted by molar-refractivity contribution is -0.118. The van der Waals surface area contributed by atoms with Gasteiger partial charge in [-0.25, -0.2) is 5.43 Å². The highest BCUT2D eigenvalue weighted by Gasteiger charge is 2.19. The van der Waals surface area contributed by atoms with Crippen molar-refractivity contribution in [2.45, 2.75) is 38.3 Å². The van der Waals surface area contributed by atoms with Gasteiger partial charge in [0.05, 0.1) is 19.1 Å². The number of methoxy groups -OCH3 is 1. The van der Waals surface area contributed by atoms with Crippen molar-refractivity contribution in [2.24, 2.45) is 5.10 Å². The molecule has 0 aliphatic rings. The summed E-state index contributed by atoms with van der Waals surface area (Å²) in [4.78, 5) is 12.8. The van der Waals surface area contributed by atoms with Crippen LogP contribution in [0, 0.1) is 6.92 Å². The van der Waals surface area contributed by atoms with Crippen molar-refractivity contribution in [3.63, 3.8) is 0 Å². The fourth-order valence-electron chi connectivity index (χ4n) is 4.51. The molecule has 0 saturated heterocycles. The van der Waals surface area contributed by atoms with Gasteiger partial charge in [0.1, 0.15) is 5.75 Å². The maximum Gasteiger partial charge on any atom is 0.250 e. The van der Waals surface area contributed by atoms with Crippen LogP contribution in [-0.4, -0.2) is 39.7 Å². The summed E-state index contributed by atoms with van der Waals surface area (Å²) in [6, 6.07) is 28.5. The molecular formula is C33H33N5O2S. The van der Waals surface area contributed by atoms with E-state index < -0.39 is 0 Å². The summed E-state index contributed by atoms with van der Waals surface area (Å²) in [7, 11) is 1.62. The number of ether oxygens (including phenoxy) is 1. The second-order valence-electron chi connectivity index (χ2n) is 10.8. The van der Waals surface area contributed by atoms with Gasteiger partial charge in [-0.2, -0.15) is 5.10 Å². The molecule has 5 aromatic rings. The molecule has 0 spiro atoms. The average Bonchev–Trinajstić information content (AvgIpc) is 3.40. The molecule has 0 bridgehead atoms. The van der Waals surface area contributed by atoms with Crippen LogP contribution in [0.2, 0.25) is 0 Å². The van der Waals surface area contributed by atoms with Gasteiger partial charge in [0.25, 0.3) is 5.91 Å². The quantitative estimate of drug-likeness (QED) is 0.126. The molecule has 41 heavy (non-hydrogen) atoms. The SMILES string of the molecule is COc1ccc2ccccc2c1C=NNC(=O)CSc1nnc(-c2ccc(C(C)(C)C)cc2)n1-c1ccc(C)cc1. The second kappa shape index (κ2) is 12.0. The Labute approximate surface area is 244 Å². The number of fused-ring (bicyclic) bond motifs is 1. The van der Waals surface area contributed by atoms with Crippen molar-refractivity contribution in [1.29, 1.82) is 0 Å². The first kappa shape index (κ1) is 28.1. The molecule has 0 aliphatic carbocycles. The van der Waals surface area contributed by atoms with E-state index in [0.29, 0.717) is 10.9 Å². The van der Waals surface area contributed by atoms with E-state index in [4.69, 9.17) is 4.74 Å². The molecule has 1 aromatic heterocycles. The average molecular weight is 564 g/mol. The lowest BCUT2D eigenvalue weighted by Gasteiger charge is -2.19. The van der Waals surface area contributed by atoms with E-state index in [-0.39, 0.29) is 17.1 Å². The standard InChI is InChI=1S/C33H33N5O2S/c1-22-10-17-26(18-11-22)38-31(24-12-15-25(16-13-24)33(2,3)4)36-37-32(38)41-21-30(39)35-34-20-28-27-9-7-6-8-23(27)14-19-29(28)40-5/h6-20H,21H2,1-5H3,(H,35,39). The number of carbonyl (C=O) groups excluding carboxylic acids is 1. The van der Waals surface area contributed by atoms with Gasteiger partial charge in [-0.05, 0) is 46.9 Å². The molecule has 8 heteroatoms. The van der Waals surface area contributed by atoms with E-state index in [2.05, 4.69) is 84.8 Å². The van der Waals surface area contributed by atoms with Crippen LogP contribution < -0.4 is 10.2 Å². The summed E-state index contributed by atoms with van der Waals surface area (Å²) in [5.41, 5.74) is 7.79. The highest BCUT2D eigenvalue weighted by atomic mass is 32.2. The molecule has 1 amide bonds. The first-order valence-corrected chi connectivity index (χ1v) is 14.4. The first-order chi connectivity index (χ1) is 19.7. The van der Waals surface area contributed by atoms with E-state index >= 15 is 0 Å².